The van der Waals surface area contributed by atoms with Gasteiger partial charge in [0, 0.05) is 30.6 Å². The smallest absolute Gasteiger partial charge is 0.324 e. The third-order valence-corrected chi connectivity index (χ3v) is 4.06. The number of nitrogens with zero attached hydrogens (tertiary/aromatic N) is 4. The molecule has 0 bridgehead atoms. The van der Waals surface area contributed by atoms with Crippen LogP contribution in [0.5, 0.6) is 0 Å². The predicted octanol–water partition coefficient (Wildman–Crippen LogP) is 0.968. The van der Waals surface area contributed by atoms with Crippen LogP contribution in [0.3, 0.4) is 0 Å². The molecule has 0 aromatic heterocycles. The molecule has 0 radical (unpaired) electrons. The standard InChI is InChI=1S/C11H19N5O2/c12-15-14-5-4-13-11(10(17)18)3-7-16-6-1-2-9(16)8-11/h9,13H,1-8H2,(H,17,18). The van der Waals surface area contributed by atoms with Gasteiger partial charge in [-0.05, 0) is 37.8 Å². The molecule has 100 valence electrons. The van der Waals surface area contributed by atoms with Gasteiger partial charge in [0.1, 0.15) is 5.54 Å². The van der Waals surface area contributed by atoms with Crippen molar-refractivity contribution in [3.63, 3.8) is 0 Å². The van der Waals surface area contributed by atoms with Crippen LogP contribution in [0.1, 0.15) is 25.7 Å². The lowest BCUT2D eigenvalue weighted by atomic mass is 9.83. The second kappa shape index (κ2) is 5.56. The Labute approximate surface area is 106 Å². The first-order chi connectivity index (χ1) is 8.68. The van der Waals surface area contributed by atoms with E-state index in [2.05, 4.69) is 20.2 Å². The molecular weight excluding hydrogens is 234 g/mol. The van der Waals surface area contributed by atoms with Crippen molar-refractivity contribution in [2.75, 3.05) is 26.2 Å². The number of fused-ring (bicyclic) bond motifs is 1. The van der Waals surface area contributed by atoms with E-state index >= 15 is 0 Å². The minimum atomic E-state index is -0.837. The predicted molar refractivity (Wildman–Crippen MR) is 66.2 cm³/mol. The number of rotatable bonds is 5. The Kier molecular flexibility index (Phi) is 4.06. The van der Waals surface area contributed by atoms with Gasteiger partial charge in [-0.2, -0.15) is 0 Å². The van der Waals surface area contributed by atoms with Crippen molar-refractivity contribution in [3.8, 4) is 0 Å². The van der Waals surface area contributed by atoms with Crippen molar-refractivity contribution in [1.82, 2.24) is 10.2 Å². The van der Waals surface area contributed by atoms with Gasteiger partial charge in [0.15, 0.2) is 0 Å². The number of carbonyl (C=O) groups is 1. The Morgan fingerprint density at radius 1 is 1.61 bits per heavy atom. The fourth-order valence-corrected chi connectivity index (χ4v) is 3.08. The molecule has 2 saturated heterocycles. The fraction of sp³-hybridized carbons (Fsp3) is 0.909. The van der Waals surface area contributed by atoms with Crippen LogP contribution in [0.2, 0.25) is 0 Å². The summed E-state index contributed by atoms with van der Waals surface area (Å²) < 4.78 is 0. The molecule has 2 fully saturated rings. The zero-order valence-corrected chi connectivity index (χ0v) is 10.4. The van der Waals surface area contributed by atoms with E-state index in [-0.39, 0.29) is 0 Å². The van der Waals surface area contributed by atoms with E-state index in [1.165, 1.54) is 6.42 Å². The van der Waals surface area contributed by atoms with Gasteiger partial charge in [0.25, 0.3) is 0 Å². The first-order valence-corrected chi connectivity index (χ1v) is 6.41. The molecule has 0 aromatic rings. The molecule has 0 amide bonds. The van der Waals surface area contributed by atoms with Crippen molar-refractivity contribution in [2.24, 2.45) is 5.11 Å². The van der Waals surface area contributed by atoms with Crippen LogP contribution in [-0.2, 0) is 4.79 Å². The number of piperidine rings is 1. The van der Waals surface area contributed by atoms with Gasteiger partial charge in [0.2, 0.25) is 0 Å². The second-order valence-corrected chi connectivity index (χ2v) is 5.05. The monoisotopic (exact) mass is 253 g/mol. The summed E-state index contributed by atoms with van der Waals surface area (Å²) in [4.78, 5) is 16.6. The van der Waals surface area contributed by atoms with E-state index in [1.54, 1.807) is 0 Å². The molecule has 0 saturated carbocycles. The second-order valence-electron chi connectivity index (χ2n) is 5.05. The van der Waals surface area contributed by atoms with E-state index in [4.69, 9.17) is 5.53 Å². The van der Waals surface area contributed by atoms with Gasteiger partial charge in [-0.1, -0.05) is 5.11 Å². The maximum atomic E-state index is 11.5. The van der Waals surface area contributed by atoms with E-state index in [0.29, 0.717) is 32.0 Å². The normalized spacial score (nSPS) is 31.7. The molecule has 2 rings (SSSR count). The zero-order valence-electron chi connectivity index (χ0n) is 10.4. The summed E-state index contributed by atoms with van der Waals surface area (Å²) in [6.45, 7) is 2.65. The Morgan fingerprint density at radius 3 is 3.17 bits per heavy atom. The molecule has 7 nitrogen and oxygen atoms in total. The molecule has 7 heteroatoms. The Bertz CT molecular complexity index is 368. The first-order valence-electron chi connectivity index (χ1n) is 6.41. The summed E-state index contributed by atoms with van der Waals surface area (Å²) in [5.41, 5.74) is 7.37. The van der Waals surface area contributed by atoms with Gasteiger partial charge < -0.3 is 15.3 Å². The molecule has 18 heavy (non-hydrogen) atoms. The highest BCUT2D eigenvalue weighted by Crippen LogP contribution is 2.33. The highest BCUT2D eigenvalue weighted by atomic mass is 16.4. The summed E-state index contributed by atoms with van der Waals surface area (Å²) in [5.74, 6) is -0.782. The third-order valence-electron chi connectivity index (χ3n) is 4.06. The minimum absolute atomic E-state index is 0.292. The topological polar surface area (TPSA) is 101 Å². The number of hydrogen-bond acceptors (Lipinski definition) is 4. The maximum absolute atomic E-state index is 11.5. The third kappa shape index (κ3) is 2.58. The summed E-state index contributed by atoms with van der Waals surface area (Å²) in [5, 5.41) is 16.0. The van der Waals surface area contributed by atoms with Gasteiger partial charge in [-0.25, -0.2) is 0 Å². The molecule has 0 aromatic carbocycles. The van der Waals surface area contributed by atoms with Crippen LogP contribution in [0, 0.1) is 0 Å². The number of hydrogen-bond donors (Lipinski definition) is 2. The maximum Gasteiger partial charge on any atom is 0.324 e. The summed E-state index contributed by atoms with van der Waals surface area (Å²) >= 11 is 0. The molecule has 2 atom stereocenters. The summed E-state index contributed by atoms with van der Waals surface area (Å²) in [6.07, 6.45) is 3.53. The first kappa shape index (κ1) is 13.1. The van der Waals surface area contributed by atoms with E-state index in [1.807, 2.05) is 0 Å². The average molecular weight is 253 g/mol. The Hall–Kier alpha value is -1.30. The molecule has 2 unspecified atom stereocenters. The van der Waals surface area contributed by atoms with Crippen molar-refractivity contribution >= 4 is 5.97 Å². The lowest BCUT2D eigenvalue weighted by Crippen LogP contribution is -2.60. The molecular formula is C11H19N5O2. The number of carboxylic acid groups (broad SMARTS) is 1. The van der Waals surface area contributed by atoms with Crippen molar-refractivity contribution in [3.05, 3.63) is 10.4 Å². The quantitative estimate of drug-likeness (QED) is 0.330. The van der Waals surface area contributed by atoms with E-state index in [9.17, 15) is 9.90 Å². The molecule has 2 aliphatic rings. The van der Waals surface area contributed by atoms with Crippen LogP contribution in [0.25, 0.3) is 10.4 Å². The van der Waals surface area contributed by atoms with E-state index in [0.717, 1.165) is 19.5 Å². The Morgan fingerprint density at radius 2 is 2.44 bits per heavy atom. The van der Waals surface area contributed by atoms with Gasteiger partial charge in [0.05, 0.1) is 0 Å². The fourth-order valence-electron chi connectivity index (χ4n) is 3.08. The minimum Gasteiger partial charge on any atom is -0.480 e. The summed E-state index contributed by atoms with van der Waals surface area (Å²) in [7, 11) is 0. The van der Waals surface area contributed by atoms with E-state index < -0.39 is 11.5 Å². The van der Waals surface area contributed by atoms with Crippen LogP contribution in [0.4, 0.5) is 0 Å². The van der Waals surface area contributed by atoms with Gasteiger partial charge in [-0.3, -0.25) is 4.79 Å². The Balaban J connectivity index is 1.98. The van der Waals surface area contributed by atoms with Crippen molar-refractivity contribution in [2.45, 2.75) is 37.3 Å². The largest absolute Gasteiger partial charge is 0.480 e. The average Bonchev–Trinajstić information content (AvgIpc) is 2.81. The van der Waals surface area contributed by atoms with Crippen molar-refractivity contribution in [1.29, 1.82) is 0 Å². The van der Waals surface area contributed by atoms with Crippen LogP contribution >= 0.6 is 0 Å². The SMILES string of the molecule is [N-]=[N+]=NCCNC1(C(=O)O)CCN2CCCC2C1. The summed E-state index contributed by atoms with van der Waals surface area (Å²) in [6, 6.07) is 0.391. The van der Waals surface area contributed by atoms with Crippen molar-refractivity contribution < 1.29 is 9.90 Å². The lowest BCUT2D eigenvalue weighted by Gasteiger charge is -2.42. The molecule has 2 heterocycles. The van der Waals surface area contributed by atoms with Crippen LogP contribution in [0.15, 0.2) is 5.11 Å². The van der Waals surface area contributed by atoms with Gasteiger partial charge in [-0.15, -0.1) is 0 Å². The number of carboxylic acids is 1. The molecule has 2 N–H and O–H groups in total. The highest BCUT2D eigenvalue weighted by Gasteiger charge is 2.46. The van der Waals surface area contributed by atoms with Crippen LogP contribution < -0.4 is 5.32 Å². The molecule has 0 spiro atoms. The number of nitrogens with one attached hydrogen (secondary N) is 1. The molecule has 0 aliphatic carbocycles. The highest BCUT2D eigenvalue weighted by molar-refractivity contribution is 5.79. The number of azide groups is 1. The van der Waals surface area contributed by atoms with Crippen LogP contribution in [-0.4, -0.2) is 53.7 Å². The molecule has 2 aliphatic heterocycles. The number of aliphatic carboxylic acids is 1. The lowest BCUT2D eigenvalue weighted by molar-refractivity contribution is -0.147. The zero-order chi connectivity index (χ0) is 13.0. The van der Waals surface area contributed by atoms with Gasteiger partial charge >= 0.3 is 5.97 Å².